The van der Waals surface area contributed by atoms with Gasteiger partial charge in [0, 0.05) is 5.92 Å². The second kappa shape index (κ2) is 1.66. The van der Waals surface area contributed by atoms with E-state index < -0.39 is 0 Å². The van der Waals surface area contributed by atoms with Gasteiger partial charge in [0.05, 0.1) is 0 Å². The highest BCUT2D eigenvalue weighted by Crippen LogP contribution is 2.51. The molecule has 4 atom stereocenters. The van der Waals surface area contributed by atoms with Crippen molar-refractivity contribution in [2.24, 2.45) is 23.7 Å². The van der Waals surface area contributed by atoms with Crippen LogP contribution in [0, 0.1) is 23.7 Å². The first-order chi connectivity index (χ1) is 5.36. The van der Waals surface area contributed by atoms with Gasteiger partial charge in [-0.1, -0.05) is 18.2 Å². The fraction of sp³-hybridized carbons (Fsp3) is 0.500. The summed E-state index contributed by atoms with van der Waals surface area (Å²) in [5, 5.41) is 0. The SMILES string of the molecule is O=C1C=CC2C1[C@H]1C=C[C@@H]2C1. The zero-order valence-electron chi connectivity index (χ0n) is 6.23. The zero-order chi connectivity index (χ0) is 7.42. The Kier molecular flexibility index (Phi) is 0.867. The average molecular weight is 146 g/mol. The molecule has 0 amide bonds. The van der Waals surface area contributed by atoms with Crippen LogP contribution in [0.1, 0.15) is 6.42 Å². The standard InChI is InChI=1S/C10H10O/c11-9-4-3-8-6-1-2-7(5-6)10(8)9/h1-4,6-8,10H,5H2/t6-,7+,8?,10?/m1/s1. The molecule has 1 saturated carbocycles. The summed E-state index contributed by atoms with van der Waals surface area (Å²) in [6.07, 6.45) is 9.64. The van der Waals surface area contributed by atoms with Gasteiger partial charge >= 0.3 is 0 Å². The van der Waals surface area contributed by atoms with E-state index in [1.807, 2.05) is 0 Å². The topological polar surface area (TPSA) is 17.1 Å². The summed E-state index contributed by atoms with van der Waals surface area (Å²) >= 11 is 0. The maximum absolute atomic E-state index is 11.3. The smallest absolute Gasteiger partial charge is 0.159 e. The minimum atomic E-state index is 0.338. The lowest BCUT2D eigenvalue weighted by Crippen LogP contribution is -2.19. The van der Waals surface area contributed by atoms with E-state index in [0.29, 0.717) is 29.5 Å². The van der Waals surface area contributed by atoms with E-state index in [1.54, 1.807) is 6.08 Å². The molecular weight excluding hydrogens is 136 g/mol. The lowest BCUT2D eigenvalue weighted by atomic mass is 9.85. The molecule has 3 rings (SSSR count). The highest BCUT2D eigenvalue weighted by molar-refractivity contribution is 5.95. The molecule has 3 aliphatic carbocycles. The van der Waals surface area contributed by atoms with Gasteiger partial charge in [0.25, 0.3) is 0 Å². The lowest BCUT2D eigenvalue weighted by molar-refractivity contribution is -0.118. The normalized spacial score (nSPS) is 50.7. The molecule has 0 N–H and O–H groups in total. The minimum Gasteiger partial charge on any atom is -0.295 e. The Bertz CT molecular complexity index is 275. The fourth-order valence-electron chi connectivity index (χ4n) is 2.84. The Morgan fingerprint density at radius 3 is 2.82 bits per heavy atom. The molecule has 2 bridgehead atoms. The molecule has 0 saturated heterocycles. The van der Waals surface area contributed by atoms with Crippen LogP contribution in [0.5, 0.6) is 0 Å². The van der Waals surface area contributed by atoms with Gasteiger partial charge in [-0.05, 0) is 30.3 Å². The molecule has 0 spiro atoms. The Hall–Kier alpha value is -0.850. The number of hydrogen-bond donors (Lipinski definition) is 0. The third kappa shape index (κ3) is 0.550. The Morgan fingerprint density at radius 1 is 1.18 bits per heavy atom. The van der Waals surface area contributed by atoms with Crippen molar-refractivity contribution < 1.29 is 4.79 Å². The van der Waals surface area contributed by atoms with E-state index in [2.05, 4.69) is 18.2 Å². The van der Waals surface area contributed by atoms with Crippen molar-refractivity contribution in [2.75, 3.05) is 0 Å². The van der Waals surface area contributed by atoms with Crippen LogP contribution in [0.15, 0.2) is 24.3 Å². The van der Waals surface area contributed by atoms with Crippen molar-refractivity contribution in [3.8, 4) is 0 Å². The molecule has 11 heavy (non-hydrogen) atoms. The summed E-state index contributed by atoms with van der Waals surface area (Å²) in [6.45, 7) is 0. The van der Waals surface area contributed by atoms with Crippen molar-refractivity contribution in [1.82, 2.24) is 0 Å². The first kappa shape index (κ1) is 5.76. The minimum absolute atomic E-state index is 0.338. The number of carbonyl (C=O) groups excluding carboxylic acids is 1. The number of fused-ring (bicyclic) bond motifs is 5. The first-order valence-electron chi connectivity index (χ1n) is 4.26. The zero-order valence-corrected chi connectivity index (χ0v) is 6.23. The number of hydrogen-bond acceptors (Lipinski definition) is 1. The fourth-order valence-corrected chi connectivity index (χ4v) is 2.84. The van der Waals surface area contributed by atoms with Gasteiger partial charge in [0.2, 0.25) is 0 Å². The van der Waals surface area contributed by atoms with Gasteiger partial charge in [-0.25, -0.2) is 0 Å². The predicted octanol–water partition coefficient (Wildman–Crippen LogP) is 1.56. The summed E-state index contributed by atoms with van der Waals surface area (Å²) < 4.78 is 0. The predicted molar refractivity (Wildman–Crippen MR) is 41.9 cm³/mol. The molecule has 1 nitrogen and oxygen atoms in total. The Labute approximate surface area is 65.8 Å². The highest BCUT2D eigenvalue weighted by Gasteiger charge is 2.48. The number of carbonyl (C=O) groups is 1. The van der Waals surface area contributed by atoms with E-state index in [4.69, 9.17) is 0 Å². The second-order valence-electron chi connectivity index (χ2n) is 3.81. The highest BCUT2D eigenvalue weighted by atomic mass is 16.1. The van der Waals surface area contributed by atoms with Crippen molar-refractivity contribution in [2.45, 2.75) is 6.42 Å². The van der Waals surface area contributed by atoms with Crippen molar-refractivity contribution in [1.29, 1.82) is 0 Å². The summed E-state index contributed by atoms with van der Waals surface area (Å²) in [5.41, 5.74) is 0. The molecule has 1 fully saturated rings. The molecule has 0 aromatic rings. The molecule has 1 heteroatoms. The summed E-state index contributed by atoms with van der Waals surface area (Å²) in [7, 11) is 0. The van der Waals surface area contributed by atoms with Gasteiger partial charge in [-0.15, -0.1) is 0 Å². The summed E-state index contributed by atoms with van der Waals surface area (Å²) in [4.78, 5) is 11.3. The number of rotatable bonds is 0. The molecule has 0 aliphatic heterocycles. The Balaban J connectivity index is 2.08. The average Bonchev–Trinajstić information content (AvgIpc) is 2.60. The van der Waals surface area contributed by atoms with E-state index in [0.717, 1.165) is 0 Å². The third-order valence-corrected chi connectivity index (χ3v) is 3.33. The van der Waals surface area contributed by atoms with Crippen LogP contribution in [0.4, 0.5) is 0 Å². The van der Waals surface area contributed by atoms with Crippen molar-refractivity contribution >= 4 is 5.78 Å². The van der Waals surface area contributed by atoms with Crippen LogP contribution in [-0.4, -0.2) is 5.78 Å². The van der Waals surface area contributed by atoms with E-state index in [9.17, 15) is 4.79 Å². The molecule has 0 aromatic heterocycles. The van der Waals surface area contributed by atoms with Crippen LogP contribution < -0.4 is 0 Å². The van der Waals surface area contributed by atoms with Gasteiger partial charge in [0.1, 0.15) is 0 Å². The van der Waals surface area contributed by atoms with Crippen LogP contribution in [0.2, 0.25) is 0 Å². The van der Waals surface area contributed by atoms with E-state index in [1.165, 1.54) is 6.42 Å². The molecule has 3 aliphatic rings. The quantitative estimate of drug-likeness (QED) is 0.474. The Morgan fingerprint density at radius 2 is 2.00 bits per heavy atom. The molecule has 0 radical (unpaired) electrons. The van der Waals surface area contributed by atoms with Crippen LogP contribution in [-0.2, 0) is 4.79 Å². The summed E-state index contributed by atoms with van der Waals surface area (Å²) in [5.74, 6) is 2.54. The third-order valence-electron chi connectivity index (χ3n) is 3.33. The maximum Gasteiger partial charge on any atom is 0.159 e. The van der Waals surface area contributed by atoms with Crippen LogP contribution in [0.25, 0.3) is 0 Å². The second-order valence-corrected chi connectivity index (χ2v) is 3.81. The van der Waals surface area contributed by atoms with Crippen LogP contribution in [0.3, 0.4) is 0 Å². The molecule has 2 unspecified atom stereocenters. The first-order valence-corrected chi connectivity index (χ1v) is 4.26. The number of allylic oxidation sites excluding steroid dienone is 4. The van der Waals surface area contributed by atoms with Gasteiger partial charge in [-0.3, -0.25) is 4.79 Å². The van der Waals surface area contributed by atoms with Crippen molar-refractivity contribution in [3.05, 3.63) is 24.3 Å². The van der Waals surface area contributed by atoms with Crippen LogP contribution >= 0.6 is 0 Å². The molecular formula is C10H10O. The van der Waals surface area contributed by atoms with Gasteiger partial charge in [-0.2, -0.15) is 0 Å². The van der Waals surface area contributed by atoms with Gasteiger partial charge in [0.15, 0.2) is 5.78 Å². The monoisotopic (exact) mass is 146 g/mol. The van der Waals surface area contributed by atoms with Gasteiger partial charge < -0.3 is 0 Å². The van der Waals surface area contributed by atoms with Crippen molar-refractivity contribution in [3.63, 3.8) is 0 Å². The molecule has 0 heterocycles. The van der Waals surface area contributed by atoms with E-state index >= 15 is 0 Å². The van der Waals surface area contributed by atoms with E-state index in [-0.39, 0.29) is 0 Å². The number of ketones is 1. The molecule has 56 valence electrons. The maximum atomic E-state index is 11.3. The lowest BCUT2D eigenvalue weighted by Gasteiger charge is -2.17. The molecule has 0 aromatic carbocycles. The largest absolute Gasteiger partial charge is 0.295 e. The summed E-state index contributed by atoms with van der Waals surface area (Å²) in [6, 6.07) is 0.